The Bertz CT molecular complexity index is 629. The van der Waals surface area contributed by atoms with Crippen LogP contribution in [0.4, 0.5) is 17.6 Å². The topological polar surface area (TPSA) is 30.7 Å². The molecule has 0 radical (unpaired) electrons. The highest BCUT2D eigenvalue weighted by atomic mass is 79.9. The van der Waals surface area contributed by atoms with Crippen LogP contribution in [0.1, 0.15) is 18.1 Å². The number of halogens is 6. The Morgan fingerprint density at radius 2 is 2.10 bits per heavy atom. The molecule has 110 valence electrons. The SMILES string of the molecule is CC(Cl)c1nc2cc(Br)cnc2n1CC(F)(F)C(F)F. The van der Waals surface area contributed by atoms with Crippen LogP contribution in [0.25, 0.3) is 11.2 Å². The highest BCUT2D eigenvalue weighted by molar-refractivity contribution is 9.10. The molecule has 0 saturated carbocycles. The van der Waals surface area contributed by atoms with Crippen LogP contribution in [0, 0.1) is 0 Å². The van der Waals surface area contributed by atoms with Crippen molar-refractivity contribution >= 4 is 38.7 Å². The van der Waals surface area contributed by atoms with E-state index in [1.54, 1.807) is 6.07 Å². The second kappa shape index (κ2) is 5.48. The molecule has 9 heteroatoms. The van der Waals surface area contributed by atoms with E-state index in [0.29, 0.717) is 9.99 Å². The molecular weight excluding hydrogens is 365 g/mol. The number of hydrogen-bond acceptors (Lipinski definition) is 2. The summed E-state index contributed by atoms with van der Waals surface area (Å²) < 4.78 is 52.8. The third-order valence-corrected chi connectivity index (χ3v) is 3.25. The molecule has 0 aliphatic rings. The molecule has 0 fully saturated rings. The fourth-order valence-electron chi connectivity index (χ4n) is 1.74. The lowest BCUT2D eigenvalue weighted by molar-refractivity contribution is -0.137. The van der Waals surface area contributed by atoms with Crippen LogP contribution in [0.2, 0.25) is 0 Å². The van der Waals surface area contributed by atoms with Crippen molar-refractivity contribution in [1.82, 2.24) is 14.5 Å². The fourth-order valence-corrected chi connectivity index (χ4v) is 2.23. The summed E-state index contributed by atoms with van der Waals surface area (Å²) in [4.78, 5) is 8.02. The number of pyridine rings is 1. The fraction of sp³-hybridized carbons (Fsp3) is 0.455. The van der Waals surface area contributed by atoms with Crippen molar-refractivity contribution in [3.63, 3.8) is 0 Å². The van der Waals surface area contributed by atoms with Gasteiger partial charge in [-0.15, -0.1) is 11.6 Å². The maximum atomic E-state index is 13.3. The standard InChI is InChI=1S/C11H9BrClF4N3/c1-5(13)8-19-7-2-6(12)3-18-9(7)20(8)4-11(16,17)10(14)15/h2-3,5,10H,4H2,1H3. The van der Waals surface area contributed by atoms with E-state index in [4.69, 9.17) is 11.6 Å². The average Bonchev–Trinajstić information content (AvgIpc) is 2.66. The maximum Gasteiger partial charge on any atom is 0.324 e. The first kappa shape index (κ1) is 15.5. The normalized spacial score (nSPS) is 14.2. The van der Waals surface area contributed by atoms with Gasteiger partial charge in [-0.2, -0.15) is 8.78 Å². The van der Waals surface area contributed by atoms with Crippen LogP contribution in [0.15, 0.2) is 16.7 Å². The summed E-state index contributed by atoms with van der Waals surface area (Å²) in [6, 6.07) is 1.56. The molecule has 0 aromatic carbocycles. The van der Waals surface area contributed by atoms with Gasteiger partial charge in [0.25, 0.3) is 0 Å². The van der Waals surface area contributed by atoms with Crippen LogP contribution < -0.4 is 0 Å². The molecule has 0 aliphatic carbocycles. The summed E-state index contributed by atoms with van der Waals surface area (Å²) >= 11 is 9.05. The molecule has 2 heterocycles. The minimum absolute atomic E-state index is 0.0765. The van der Waals surface area contributed by atoms with Crippen molar-refractivity contribution in [2.24, 2.45) is 0 Å². The van der Waals surface area contributed by atoms with Crippen LogP contribution in [-0.4, -0.2) is 26.9 Å². The molecule has 3 nitrogen and oxygen atoms in total. The zero-order chi connectivity index (χ0) is 15.1. The Labute approximate surface area is 125 Å². The van der Waals surface area contributed by atoms with E-state index in [9.17, 15) is 17.6 Å². The molecule has 20 heavy (non-hydrogen) atoms. The Balaban J connectivity index is 2.57. The Morgan fingerprint density at radius 1 is 1.45 bits per heavy atom. The Morgan fingerprint density at radius 3 is 2.65 bits per heavy atom. The lowest BCUT2D eigenvalue weighted by Crippen LogP contribution is -2.32. The van der Waals surface area contributed by atoms with Crippen molar-refractivity contribution < 1.29 is 17.6 Å². The first-order valence-corrected chi connectivity index (χ1v) is 6.77. The predicted molar refractivity (Wildman–Crippen MR) is 70.4 cm³/mol. The summed E-state index contributed by atoms with van der Waals surface area (Å²) in [5.74, 6) is -4.10. The van der Waals surface area contributed by atoms with Gasteiger partial charge in [0.1, 0.15) is 11.3 Å². The second-order valence-corrected chi connectivity index (χ2v) is 5.80. The van der Waals surface area contributed by atoms with Gasteiger partial charge in [0.15, 0.2) is 5.65 Å². The quantitative estimate of drug-likeness (QED) is 0.587. The smallest absolute Gasteiger partial charge is 0.305 e. The van der Waals surface area contributed by atoms with E-state index < -0.39 is 24.3 Å². The third-order valence-electron chi connectivity index (χ3n) is 2.63. The molecule has 2 aromatic heterocycles. The number of nitrogens with zero attached hydrogens (tertiary/aromatic N) is 3. The molecule has 2 rings (SSSR count). The lowest BCUT2D eigenvalue weighted by atomic mass is 10.3. The number of alkyl halides is 5. The van der Waals surface area contributed by atoms with E-state index in [0.717, 1.165) is 4.57 Å². The minimum atomic E-state index is -4.18. The monoisotopic (exact) mass is 373 g/mol. The van der Waals surface area contributed by atoms with Gasteiger partial charge in [-0.1, -0.05) is 0 Å². The van der Waals surface area contributed by atoms with Crippen LogP contribution in [0.5, 0.6) is 0 Å². The number of rotatable bonds is 4. The number of hydrogen-bond donors (Lipinski definition) is 0. The molecule has 0 saturated heterocycles. The molecule has 1 unspecified atom stereocenters. The average molecular weight is 375 g/mol. The van der Waals surface area contributed by atoms with E-state index in [2.05, 4.69) is 25.9 Å². The zero-order valence-electron chi connectivity index (χ0n) is 10.1. The summed E-state index contributed by atoms with van der Waals surface area (Å²) in [6.07, 6.45) is -2.39. The maximum absolute atomic E-state index is 13.3. The summed E-state index contributed by atoms with van der Waals surface area (Å²) in [5.41, 5.74) is 0.406. The molecule has 0 spiro atoms. The Kier molecular flexibility index (Phi) is 4.24. The first-order chi connectivity index (χ1) is 9.22. The molecule has 0 amide bonds. The highest BCUT2D eigenvalue weighted by Crippen LogP contribution is 2.31. The van der Waals surface area contributed by atoms with Gasteiger partial charge in [-0.05, 0) is 28.9 Å². The largest absolute Gasteiger partial charge is 0.324 e. The van der Waals surface area contributed by atoms with Gasteiger partial charge in [0.05, 0.1) is 11.9 Å². The number of imidazole rings is 1. The molecule has 0 aliphatic heterocycles. The van der Waals surface area contributed by atoms with Crippen LogP contribution in [0.3, 0.4) is 0 Å². The molecule has 0 N–H and O–H groups in total. The molecule has 0 bridgehead atoms. The van der Waals surface area contributed by atoms with Gasteiger partial charge in [-0.25, -0.2) is 18.7 Å². The van der Waals surface area contributed by atoms with E-state index in [1.807, 2.05) is 0 Å². The summed E-state index contributed by atoms with van der Waals surface area (Å²) in [6.45, 7) is 0.303. The van der Waals surface area contributed by atoms with Gasteiger partial charge in [-0.3, -0.25) is 0 Å². The number of aromatic nitrogens is 3. The van der Waals surface area contributed by atoms with Crippen LogP contribution >= 0.6 is 27.5 Å². The van der Waals surface area contributed by atoms with Gasteiger partial charge in [0, 0.05) is 10.7 Å². The van der Waals surface area contributed by atoms with Crippen molar-refractivity contribution in [2.45, 2.75) is 31.2 Å². The van der Waals surface area contributed by atoms with Crippen LogP contribution in [-0.2, 0) is 6.54 Å². The van der Waals surface area contributed by atoms with E-state index in [1.165, 1.54) is 13.1 Å². The van der Waals surface area contributed by atoms with Crippen molar-refractivity contribution in [1.29, 1.82) is 0 Å². The third kappa shape index (κ3) is 2.90. The highest BCUT2D eigenvalue weighted by Gasteiger charge is 2.42. The van der Waals surface area contributed by atoms with Gasteiger partial charge >= 0.3 is 12.3 Å². The van der Waals surface area contributed by atoms with Gasteiger partial charge in [0.2, 0.25) is 0 Å². The molecule has 2 aromatic rings. The van der Waals surface area contributed by atoms with Crippen molar-refractivity contribution in [2.75, 3.05) is 0 Å². The lowest BCUT2D eigenvalue weighted by Gasteiger charge is -2.18. The van der Waals surface area contributed by atoms with Crippen molar-refractivity contribution in [3.8, 4) is 0 Å². The molecule has 1 atom stereocenters. The van der Waals surface area contributed by atoms with Gasteiger partial charge < -0.3 is 4.57 Å². The van der Waals surface area contributed by atoms with E-state index >= 15 is 0 Å². The minimum Gasteiger partial charge on any atom is -0.305 e. The number of fused-ring (bicyclic) bond motifs is 1. The first-order valence-electron chi connectivity index (χ1n) is 5.54. The second-order valence-electron chi connectivity index (χ2n) is 4.23. The van der Waals surface area contributed by atoms with E-state index in [-0.39, 0.29) is 11.5 Å². The Hall–Kier alpha value is -0.890. The zero-order valence-corrected chi connectivity index (χ0v) is 12.5. The summed E-state index contributed by atoms with van der Waals surface area (Å²) in [5, 5.41) is -0.712. The predicted octanol–water partition coefficient (Wildman–Crippen LogP) is 4.39. The summed E-state index contributed by atoms with van der Waals surface area (Å²) in [7, 11) is 0. The molecular formula is C11H9BrClF4N3. The van der Waals surface area contributed by atoms with Crippen molar-refractivity contribution in [3.05, 3.63) is 22.6 Å².